The van der Waals surface area contributed by atoms with Crippen LogP contribution in [-0.2, 0) is 0 Å². The minimum absolute atomic E-state index is 0.00924. The maximum atomic E-state index is 10.4. The minimum atomic E-state index is -0.185. The standard InChI is InChI=1S/C14H29NO/c1-5-14(4,13(16)11-12(2)3)15-9-7-6-8-10-15/h12-13,16H,5-11H2,1-4H3. The molecule has 0 amide bonds. The summed E-state index contributed by atoms with van der Waals surface area (Å²) < 4.78 is 0. The Balaban J connectivity index is 2.66. The molecule has 2 nitrogen and oxygen atoms in total. The van der Waals surface area contributed by atoms with Gasteiger partial charge >= 0.3 is 0 Å². The van der Waals surface area contributed by atoms with Crippen LogP contribution in [0.25, 0.3) is 0 Å². The predicted molar refractivity (Wildman–Crippen MR) is 69.6 cm³/mol. The van der Waals surface area contributed by atoms with Crippen molar-refractivity contribution in [3.05, 3.63) is 0 Å². The Bertz CT molecular complexity index is 199. The fraction of sp³-hybridized carbons (Fsp3) is 1.00. The summed E-state index contributed by atoms with van der Waals surface area (Å²) in [6, 6.07) is 0. The second kappa shape index (κ2) is 6.02. The lowest BCUT2D eigenvalue weighted by molar-refractivity contribution is -0.0420. The number of nitrogens with zero attached hydrogens (tertiary/aromatic N) is 1. The zero-order valence-electron chi connectivity index (χ0n) is 11.5. The molecule has 0 radical (unpaired) electrons. The molecule has 96 valence electrons. The van der Waals surface area contributed by atoms with Gasteiger partial charge in [-0.1, -0.05) is 27.2 Å². The predicted octanol–water partition coefficient (Wildman–Crippen LogP) is 3.05. The average molecular weight is 227 g/mol. The quantitative estimate of drug-likeness (QED) is 0.780. The van der Waals surface area contributed by atoms with Gasteiger partial charge in [0.2, 0.25) is 0 Å². The van der Waals surface area contributed by atoms with E-state index in [1.807, 2.05) is 0 Å². The molecule has 0 spiro atoms. The maximum Gasteiger partial charge on any atom is 0.0723 e. The summed E-state index contributed by atoms with van der Waals surface area (Å²) in [7, 11) is 0. The Morgan fingerprint density at radius 3 is 2.19 bits per heavy atom. The molecule has 1 aliphatic heterocycles. The zero-order chi connectivity index (χ0) is 12.2. The first kappa shape index (κ1) is 14.0. The van der Waals surface area contributed by atoms with E-state index in [-0.39, 0.29) is 11.6 Å². The summed E-state index contributed by atoms with van der Waals surface area (Å²) in [6.45, 7) is 11.2. The molecule has 0 aromatic rings. The Morgan fingerprint density at radius 1 is 1.19 bits per heavy atom. The molecule has 1 heterocycles. The van der Waals surface area contributed by atoms with Crippen molar-refractivity contribution in [2.24, 2.45) is 5.92 Å². The molecular weight excluding hydrogens is 198 g/mol. The van der Waals surface area contributed by atoms with Gasteiger partial charge < -0.3 is 5.11 Å². The third-order valence-electron chi connectivity index (χ3n) is 4.21. The molecule has 0 bridgehead atoms. The smallest absolute Gasteiger partial charge is 0.0723 e. The first-order valence-corrected chi connectivity index (χ1v) is 6.93. The Morgan fingerprint density at radius 2 is 1.75 bits per heavy atom. The molecule has 1 rings (SSSR count). The van der Waals surface area contributed by atoms with E-state index in [4.69, 9.17) is 0 Å². The lowest BCUT2D eigenvalue weighted by Gasteiger charge is -2.46. The minimum Gasteiger partial charge on any atom is -0.391 e. The molecule has 2 heteroatoms. The van der Waals surface area contributed by atoms with E-state index < -0.39 is 0 Å². The molecule has 2 unspecified atom stereocenters. The number of rotatable bonds is 5. The maximum absolute atomic E-state index is 10.4. The van der Waals surface area contributed by atoms with E-state index in [1.165, 1.54) is 32.4 Å². The Kier molecular flexibility index (Phi) is 5.26. The van der Waals surface area contributed by atoms with E-state index in [2.05, 4.69) is 32.6 Å². The molecule has 0 aliphatic carbocycles. The molecule has 0 saturated carbocycles. The SMILES string of the molecule is CCC(C)(C(O)CC(C)C)N1CCCCC1. The van der Waals surface area contributed by atoms with Crippen LogP contribution in [0.15, 0.2) is 0 Å². The van der Waals surface area contributed by atoms with Crippen LogP contribution in [0.1, 0.15) is 59.8 Å². The molecular formula is C14H29NO. The summed E-state index contributed by atoms with van der Waals surface area (Å²) in [5, 5.41) is 10.4. The highest BCUT2D eigenvalue weighted by atomic mass is 16.3. The van der Waals surface area contributed by atoms with Crippen LogP contribution in [0.3, 0.4) is 0 Å². The number of hydrogen-bond acceptors (Lipinski definition) is 2. The van der Waals surface area contributed by atoms with E-state index in [1.54, 1.807) is 0 Å². The third kappa shape index (κ3) is 3.21. The number of aliphatic hydroxyl groups is 1. The first-order valence-electron chi connectivity index (χ1n) is 6.93. The van der Waals surface area contributed by atoms with Gasteiger partial charge in [-0.2, -0.15) is 0 Å². The summed E-state index contributed by atoms with van der Waals surface area (Å²) in [4.78, 5) is 2.52. The largest absolute Gasteiger partial charge is 0.391 e. The van der Waals surface area contributed by atoms with Crippen molar-refractivity contribution in [1.82, 2.24) is 4.90 Å². The van der Waals surface area contributed by atoms with Gasteiger partial charge in [-0.05, 0) is 51.6 Å². The van der Waals surface area contributed by atoms with Crippen molar-refractivity contribution in [3.8, 4) is 0 Å². The van der Waals surface area contributed by atoms with Crippen molar-refractivity contribution in [2.75, 3.05) is 13.1 Å². The van der Waals surface area contributed by atoms with Gasteiger partial charge in [0.15, 0.2) is 0 Å². The van der Waals surface area contributed by atoms with Crippen LogP contribution in [0.5, 0.6) is 0 Å². The van der Waals surface area contributed by atoms with Crippen molar-refractivity contribution < 1.29 is 5.11 Å². The summed E-state index contributed by atoms with van der Waals surface area (Å²) in [6.07, 6.45) is 5.72. The molecule has 1 N–H and O–H groups in total. The summed E-state index contributed by atoms with van der Waals surface area (Å²) in [5.41, 5.74) is -0.00924. The van der Waals surface area contributed by atoms with E-state index in [0.717, 1.165) is 12.8 Å². The molecule has 16 heavy (non-hydrogen) atoms. The third-order valence-corrected chi connectivity index (χ3v) is 4.21. The molecule has 1 saturated heterocycles. The second-order valence-corrected chi connectivity index (χ2v) is 5.90. The van der Waals surface area contributed by atoms with E-state index >= 15 is 0 Å². The Hall–Kier alpha value is -0.0800. The summed E-state index contributed by atoms with van der Waals surface area (Å²) >= 11 is 0. The summed E-state index contributed by atoms with van der Waals surface area (Å²) in [5.74, 6) is 0.575. The lowest BCUT2D eigenvalue weighted by Crippen LogP contribution is -2.56. The van der Waals surface area contributed by atoms with Crippen molar-refractivity contribution in [2.45, 2.75) is 71.4 Å². The number of hydrogen-bond donors (Lipinski definition) is 1. The monoisotopic (exact) mass is 227 g/mol. The second-order valence-electron chi connectivity index (χ2n) is 5.90. The molecule has 0 aromatic carbocycles. The fourth-order valence-electron chi connectivity index (χ4n) is 2.78. The first-order chi connectivity index (χ1) is 7.50. The highest BCUT2D eigenvalue weighted by Crippen LogP contribution is 2.30. The van der Waals surface area contributed by atoms with Gasteiger partial charge in [0.1, 0.15) is 0 Å². The molecule has 1 fully saturated rings. The molecule has 1 aliphatic rings. The topological polar surface area (TPSA) is 23.5 Å². The Labute approximate surface area is 101 Å². The van der Waals surface area contributed by atoms with Crippen LogP contribution in [0.2, 0.25) is 0 Å². The van der Waals surface area contributed by atoms with Crippen LogP contribution in [-0.4, -0.2) is 34.7 Å². The van der Waals surface area contributed by atoms with Crippen LogP contribution < -0.4 is 0 Å². The van der Waals surface area contributed by atoms with Gasteiger partial charge in [0.25, 0.3) is 0 Å². The van der Waals surface area contributed by atoms with Gasteiger partial charge in [-0.25, -0.2) is 0 Å². The van der Waals surface area contributed by atoms with Crippen LogP contribution in [0, 0.1) is 5.92 Å². The van der Waals surface area contributed by atoms with Crippen molar-refractivity contribution in [1.29, 1.82) is 0 Å². The molecule has 0 aromatic heterocycles. The molecule has 2 atom stereocenters. The van der Waals surface area contributed by atoms with Crippen molar-refractivity contribution >= 4 is 0 Å². The van der Waals surface area contributed by atoms with Crippen LogP contribution >= 0.6 is 0 Å². The highest BCUT2D eigenvalue weighted by Gasteiger charge is 2.37. The highest BCUT2D eigenvalue weighted by molar-refractivity contribution is 4.93. The van der Waals surface area contributed by atoms with Gasteiger partial charge in [0, 0.05) is 5.54 Å². The van der Waals surface area contributed by atoms with Gasteiger partial charge in [-0.15, -0.1) is 0 Å². The number of likely N-dealkylation sites (tertiary alicyclic amines) is 1. The normalized spacial score (nSPS) is 24.4. The van der Waals surface area contributed by atoms with Crippen LogP contribution in [0.4, 0.5) is 0 Å². The fourth-order valence-corrected chi connectivity index (χ4v) is 2.78. The van der Waals surface area contributed by atoms with E-state index in [9.17, 15) is 5.11 Å². The van der Waals surface area contributed by atoms with Gasteiger partial charge in [0.05, 0.1) is 6.10 Å². The van der Waals surface area contributed by atoms with Crippen molar-refractivity contribution in [3.63, 3.8) is 0 Å². The zero-order valence-corrected chi connectivity index (χ0v) is 11.5. The van der Waals surface area contributed by atoms with Gasteiger partial charge in [-0.3, -0.25) is 4.90 Å². The number of aliphatic hydroxyl groups excluding tert-OH is 1. The van der Waals surface area contributed by atoms with E-state index in [0.29, 0.717) is 5.92 Å². The average Bonchev–Trinajstić information content (AvgIpc) is 2.28. The number of piperidine rings is 1. The lowest BCUT2D eigenvalue weighted by atomic mass is 9.83.